The van der Waals surface area contributed by atoms with Gasteiger partial charge in [0.2, 0.25) is 6.79 Å². The number of nitrogens with zero attached hydrogens (tertiary/aromatic N) is 2. The Labute approximate surface area is 317 Å². The Morgan fingerprint density at radius 2 is 1.96 bits per heavy atom. The van der Waals surface area contributed by atoms with Crippen molar-refractivity contribution in [1.29, 1.82) is 0 Å². The molecular formula is C41H43N4O8S-. The SMILES string of the molecule is COc1c(C)cc2c(c1O)[C@H]1[N-][C@@H](C2)CN2C1[C@@H]1SC[C@]3(NCCc4c3[nH]c3ccc(C)cc43)C3O[C@@H]3OC[C@H]2c2c3c(c(C)c(OC(C)=O)c21)OCO3. The summed E-state index contributed by atoms with van der Waals surface area (Å²) >= 11 is 1.82. The first kappa shape index (κ1) is 33.4. The van der Waals surface area contributed by atoms with Gasteiger partial charge in [-0.1, -0.05) is 23.7 Å². The van der Waals surface area contributed by atoms with Gasteiger partial charge >= 0.3 is 5.97 Å². The maximum atomic E-state index is 13.0. The summed E-state index contributed by atoms with van der Waals surface area (Å²) in [4.78, 5) is 19.3. The number of hydrogen-bond donors (Lipinski definition) is 3. The number of benzene rings is 3. The Bertz CT molecular complexity index is 2290. The average molecular weight is 752 g/mol. The number of phenolic OH excluding ortho intramolecular Hbond substituents is 1. The molecule has 4 bridgehead atoms. The molecule has 9 heterocycles. The quantitative estimate of drug-likeness (QED) is 0.130. The first-order valence-electron chi connectivity index (χ1n) is 18.9. The lowest BCUT2D eigenvalue weighted by Gasteiger charge is -2.63. The molecule has 12 rings (SSSR count). The zero-order valence-electron chi connectivity index (χ0n) is 30.9. The molecule has 0 amide bonds. The van der Waals surface area contributed by atoms with Gasteiger partial charge in [0, 0.05) is 63.8 Å². The number of phenols is 1. The molecule has 0 radical (unpaired) electrons. The Morgan fingerprint density at radius 1 is 1.11 bits per heavy atom. The molecule has 282 valence electrons. The van der Waals surface area contributed by atoms with E-state index in [-0.39, 0.29) is 48.1 Å². The predicted octanol–water partition coefficient (Wildman–Crippen LogP) is 5.81. The number of ether oxygens (including phenoxy) is 6. The number of rotatable bonds is 2. The summed E-state index contributed by atoms with van der Waals surface area (Å²) in [6.07, 6.45) is 0.953. The highest BCUT2D eigenvalue weighted by Gasteiger charge is 2.61. The normalized spacial score (nSPS) is 31.5. The minimum Gasteiger partial charge on any atom is -0.650 e. The molecule has 8 aliphatic rings. The van der Waals surface area contributed by atoms with Crippen molar-refractivity contribution in [2.24, 2.45) is 0 Å². The van der Waals surface area contributed by atoms with Gasteiger partial charge in [-0.2, -0.15) is 0 Å². The summed E-state index contributed by atoms with van der Waals surface area (Å²) in [7, 11) is 1.60. The number of epoxide rings is 1. The van der Waals surface area contributed by atoms with Crippen LogP contribution < -0.4 is 24.3 Å². The number of H-pyrrole nitrogens is 1. The number of carbonyl (C=O) groups is 1. The van der Waals surface area contributed by atoms with Crippen molar-refractivity contribution < 1.29 is 38.3 Å². The van der Waals surface area contributed by atoms with Gasteiger partial charge in [0.15, 0.2) is 29.3 Å². The standard InChI is InChI=1S/C41H43N4O8S/c1-17-6-7-25-24(10-17)23-8-9-42-41(38(23)44-25)15-54-37-29-28(36-35(50-16-51-36)19(3)34(29)52-20(4)46)26(14-49-40-39(41)53-40)45-13-22-12-21-11-18(2)33(48-5)32(47)27(21)30(43-22)31(37)45/h6-7,10-11,22,26,30-31,37,39-40,42,44,47H,8-9,12-16H2,1-5H3/q-1/t22-,26-,30+,31?,37+,39?,40-,41+/m0/s1. The topological polar surface area (TPSA) is 141 Å². The zero-order chi connectivity index (χ0) is 36.8. The molecule has 3 fully saturated rings. The number of nitrogens with one attached hydrogen (secondary N) is 2. The van der Waals surface area contributed by atoms with Crippen LogP contribution in [0.3, 0.4) is 0 Å². The summed E-state index contributed by atoms with van der Waals surface area (Å²) in [5, 5.41) is 22.4. The Morgan fingerprint density at radius 3 is 2.80 bits per heavy atom. The number of esters is 1. The van der Waals surface area contributed by atoms with E-state index in [0.29, 0.717) is 48.3 Å². The highest BCUT2D eigenvalue weighted by atomic mass is 32.2. The van der Waals surface area contributed by atoms with Gasteiger partial charge in [-0.25, -0.2) is 0 Å². The lowest BCUT2D eigenvalue weighted by Crippen LogP contribution is -2.58. The van der Waals surface area contributed by atoms with E-state index in [2.05, 4.69) is 46.4 Å². The molecule has 2 unspecified atom stereocenters. The van der Waals surface area contributed by atoms with E-state index in [9.17, 15) is 9.90 Å². The number of aromatic nitrogens is 1. The van der Waals surface area contributed by atoms with E-state index in [0.717, 1.165) is 57.6 Å². The molecule has 3 saturated heterocycles. The minimum absolute atomic E-state index is 0.00279. The number of carbonyl (C=O) groups excluding carboxylic acids is 1. The Hall–Kier alpha value is -3.98. The van der Waals surface area contributed by atoms with Crippen LogP contribution in [0.5, 0.6) is 28.7 Å². The van der Waals surface area contributed by atoms with Gasteiger partial charge in [0.1, 0.15) is 11.9 Å². The van der Waals surface area contributed by atoms with Crippen LogP contribution in [0.2, 0.25) is 0 Å². The van der Waals surface area contributed by atoms with Crippen molar-refractivity contribution in [3.05, 3.63) is 79.8 Å². The molecular weight excluding hydrogens is 709 g/mol. The molecule has 8 atom stereocenters. The molecule has 8 aliphatic heterocycles. The number of methoxy groups -OCH3 is 1. The molecule has 0 aliphatic carbocycles. The van der Waals surface area contributed by atoms with Crippen molar-refractivity contribution in [2.75, 3.05) is 39.4 Å². The maximum absolute atomic E-state index is 13.0. The van der Waals surface area contributed by atoms with Crippen LogP contribution in [0.4, 0.5) is 0 Å². The predicted molar refractivity (Wildman–Crippen MR) is 201 cm³/mol. The van der Waals surface area contributed by atoms with Gasteiger partial charge < -0.3 is 49.1 Å². The van der Waals surface area contributed by atoms with Crippen molar-refractivity contribution in [3.8, 4) is 28.7 Å². The van der Waals surface area contributed by atoms with E-state index in [1.807, 2.05) is 25.6 Å². The van der Waals surface area contributed by atoms with E-state index in [1.165, 1.54) is 23.4 Å². The number of piperazine rings is 1. The summed E-state index contributed by atoms with van der Waals surface area (Å²) in [6.45, 7) is 9.36. The van der Waals surface area contributed by atoms with Crippen LogP contribution in [0, 0.1) is 20.8 Å². The maximum Gasteiger partial charge on any atom is 0.308 e. The largest absolute Gasteiger partial charge is 0.650 e. The molecule has 4 aromatic rings. The van der Waals surface area contributed by atoms with Crippen LogP contribution in [-0.4, -0.2) is 84.8 Å². The van der Waals surface area contributed by atoms with Gasteiger partial charge in [0.05, 0.1) is 25.3 Å². The third-order valence-electron chi connectivity index (χ3n) is 12.8. The number of fused-ring (bicyclic) bond motifs is 10. The molecule has 0 saturated carbocycles. The lowest BCUT2D eigenvalue weighted by atomic mass is 9.74. The van der Waals surface area contributed by atoms with Gasteiger partial charge in [-0.15, -0.1) is 17.8 Å². The van der Waals surface area contributed by atoms with Crippen LogP contribution in [0.25, 0.3) is 16.2 Å². The lowest BCUT2D eigenvalue weighted by molar-refractivity contribution is -0.132. The number of hydrogen-bond acceptors (Lipinski definition) is 11. The van der Waals surface area contributed by atoms with Gasteiger partial charge in [-0.3, -0.25) is 9.69 Å². The van der Waals surface area contributed by atoms with Gasteiger partial charge in [0.25, 0.3) is 0 Å². The van der Waals surface area contributed by atoms with Crippen LogP contribution in [0.15, 0.2) is 24.3 Å². The summed E-state index contributed by atoms with van der Waals surface area (Å²) in [5.41, 5.74) is 9.55. The molecule has 54 heavy (non-hydrogen) atoms. The average Bonchev–Trinajstić information content (AvgIpc) is 3.59. The molecule has 13 heteroatoms. The Kier molecular flexibility index (Phi) is 7.27. The van der Waals surface area contributed by atoms with E-state index in [4.69, 9.17) is 33.7 Å². The van der Waals surface area contributed by atoms with E-state index >= 15 is 0 Å². The van der Waals surface area contributed by atoms with Crippen molar-refractivity contribution in [2.45, 2.75) is 87.9 Å². The monoisotopic (exact) mass is 751 g/mol. The third-order valence-corrected chi connectivity index (χ3v) is 14.3. The second-order valence-electron chi connectivity index (χ2n) is 15.9. The van der Waals surface area contributed by atoms with Crippen molar-refractivity contribution >= 4 is 28.6 Å². The molecule has 3 N–H and O–H groups in total. The molecule has 1 aromatic heterocycles. The highest BCUT2D eigenvalue weighted by Crippen LogP contribution is 2.65. The first-order chi connectivity index (χ1) is 26.2. The Balaban J connectivity index is 1.15. The smallest absolute Gasteiger partial charge is 0.308 e. The second-order valence-corrected chi connectivity index (χ2v) is 17.0. The summed E-state index contributed by atoms with van der Waals surface area (Å²) in [6, 6.07) is 7.84. The number of aryl methyl sites for hydroxylation is 2. The fraction of sp³-hybridized carbons (Fsp3) is 0.488. The molecule has 3 aromatic carbocycles. The fourth-order valence-corrected chi connectivity index (χ4v) is 12.4. The minimum atomic E-state index is -0.600. The van der Waals surface area contributed by atoms with Crippen LogP contribution in [0.1, 0.15) is 74.5 Å². The highest BCUT2D eigenvalue weighted by molar-refractivity contribution is 7.99. The zero-order valence-corrected chi connectivity index (χ0v) is 31.7. The van der Waals surface area contributed by atoms with Crippen molar-refractivity contribution in [3.63, 3.8) is 0 Å². The molecule has 12 nitrogen and oxygen atoms in total. The number of aromatic hydroxyl groups is 1. The second kappa shape index (κ2) is 11.8. The summed E-state index contributed by atoms with van der Waals surface area (Å²) < 4.78 is 37.8. The van der Waals surface area contributed by atoms with Crippen molar-refractivity contribution in [1.82, 2.24) is 15.2 Å². The molecule has 1 spiro atoms. The number of aromatic amines is 1. The van der Waals surface area contributed by atoms with E-state index in [1.54, 1.807) is 7.11 Å². The van der Waals surface area contributed by atoms with Gasteiger partial charge in [-0.05, 0) is 74.5 Å². The third kappa shape index (κ3) is 4.53. The summed E-state index contributed by atoms with van der Waals surface area (Å²) in [5.74, 6) is 2.61. The van der Waals surface area contributed by atoms with Crippen LogP contribution >= 0.6 is 11.8 Å². The van der Waals surface area contributed by atoms with E-state index < -0.39 is 17.8 Å². The fourth-order valence-electron chi connectivity index (χ4n) is 10.6. The first-order valence-corrected chi connectivity index (χ1v) is 20.0. The number of thioether (sulfide) groups is 1. The van der Waals surface area contributed by atoms with Crippen LogP contribution in [-0.2, 0) is 32.6 Å².